The number of likely N-dealkylation sites (tertiary alicyclic amines) is 1. The van der Waals surface area contributed by atoms with Gasteiger partial charge in [-0.2, -0.15) is 0 Å². The zero-order chi connectivity index (χ0) is 14.0. The van der Waals surface area contributed by atoms with Crippen molar-refractivity contribution in [3.05, 3.63) is 17.7 Å². The van der Waals surface area contributed by atoms with Gasteiger partial charge in [0, 0.05) is 32.7 Å². The molecule has 0 spiro atoms. The largest absolute Gasteiger partial charge is 0.371 e. The monoisotopic (exact) mass is 270 g/mol. The summed E-state index contributed by atoms with van der Waals surface area (Å²) in [5.74, 6) is -1.01. The van der Waals surface area contributed by atoms with Crippen molar-refractivity contribution in [3.8, 4) is 0 Å². The summed E-state index contributed by atoms with van der Waals surface area (Å²) in [5, 5.41) is 2.64. The summed E-state index contributed by atoms with van der Waals surface area (Å²) < 4.78 is 27.3. The van der Waals surface area contributed by atoms with E-state index >= 15 is 0 Å². The number of anilines is 2. The molecule has 0 aromatic carbocycles. The van der Waals surface area contributed by atoms with E-state index in [-0.39, 0.29) is 17.7 Å². The Balaban J connectivity index is 2.25. The SMILES string of the molecule is CNc1nc(N(C)C2CCCN(C)C2)c(F)cc1F. The molecule has 4 nitrogen and oxygen atoms in total. The molecule has 0 aliphatic carbocycles. The highest BCUT2D eigenvalue weighted by Gasteiger charge is 2.24. The number of hydrogen-bond donors (Lipinski definition) is 1. The van der Waals surface area contributed by atoms with Crippen LogP contribution in [0.15, 0.2) is 6.07 Å². The summed E-state index contributed by atoms with van der Waals surface area (Å²) >= 11 is 0. The van der Waals surface area contributed by atoms with Crippen molar-refractivity contribution in [2.24, 2.45) is 0 Å². The maximum absolute atomic E-state index is 13.9. The van der Waals surface area contributed by atoms with Crippen LogP contribution in [-0.2, 0) is 0 Å². The molecular weight excluding hydrogens is 250 g/mol. The summed E-state index contributed by atoms with van der Waals surface area (Å²) in [6.07, 6.45) is 2.07. The minimum absolute atomic E-state index is 0.0763. The number of piperidine rings is 1. The number of halogens is 2. The van der Waals surface area contributed by atoms with Gasteiger partial charge in [0.25, 0.3) is 0 Å². The highest BCUT2D eigenvalue weighted by molar-refractivity contribution is 5.49. The zero-order valence-corrected chi connectivity index (χ0v) is 11.6. The fraction of sp³-hybridized carbons (Fsp3) is 0.615. The quantitative estimate of drug-likeness (QED) is 0.909. The van der Waals surface area contributed by atoms with E-state index in [2.05, 4.69) is 15.2 Å². The van der Waals surface area contributed by atoms with E-state index in [1.54, 1.807) is 7.05 Å². The van der Waals surface area contributed by atoms with Crippen LogP contribution in [0.1, 0.15) is 12.8 Å². The smallest absolute Gasteiger partial charge is 0.168 e. The number of likely N-dealkylation sites (N-methyl/N-ethyl adjacent to an activating group) is 2. The lowest BCUT2D eigenvalue weighted by Gasteiger charge is -2.36. The number of nitrogens with one attached hydrogen (secondary N) is 1. The van der Waals surface area contributed by atoms with E-state index in [1.165, 1.54) is 0 Å². The van der Waals surface area contributed by atoms with Crippen molar-refractivity contribution >= 4 is 11.6 Å². The van der Waals surface area contributed by atoms with Crippen molar-refractivity contribution in [1.29, 1.82) is 0 Å². The Morgan fingerprint density at radius 1 is 1.42 bits per heavy atom. The predicted molar refractivity (Wildman–Crippen MR) is 72.6 cm³/mol. The predicted octanol–water partition coefficient (Wildman–Crippen LogP) is 1.93. The van der Waals surface area contributed by atoms with Gasteiger partial charge >= 0.3 is 0 Å². The third-order valence-corrected chi connectivity index (χ3v) is 3.63. The van der Waals surface area contributed by atoms with E-state index in [9.17, 15) is 8.78 Å². The molecule has 6 heteroatoms. The van der Waals surface area contributed by atoms with Crippen LogP contribution in [0, 0.1) is 11.6 Å². The lowest BCUT2D eigenvalue weighted by Crippen LogP contribution is -2.45. The first kappa shape index (κ1) is 14.0. The van der Waals surface area contributed by atoms with Gasteiger partial charge in [-0.3, -0.25) is 0 Å². The number of nitrogens with zero attached hydrogens (tertiary/aromatic N) is 3. The molecule has 1 N–H and O–H groups in total. The number of hydrogen-bond acceptors (Lipinski definition) is 4. The Labute approximate surface area is 112 Å². The van der Waals surface area contributed by atoms with E-state index in [0.29, 0.717) is 0 Å². The van der Waals surface area contributed by atoms with Gasteiger partial charge in [-0.25, -0.2) is 13.8 Å². The molecule has 1 aromatic rings. The Bertz CT molecular complexity index is 453. The van der Waals surface area contributed by atoms with E-state index in [0.717, 1.165) is 32.0 Å². The first-order chi connectivity index (χ1) is 9.02. The molecule has 0 radical (unpaired) electrons. The minimum atomic E-state index is -0.669. The van der Waals surface area contributed by atoms with Crippen LogP contribution in [0.4, 0.5) is 20.4 Å². The fourth-order valence-electron chi connectivity index (χ4n) is 2.51. The van der Waals surface area contributed by atoms with Crippen LogP contribution in [-0.4, -0.2) is 50.2 Å². The van der Waals surface area contributed by atoms with Crippen LogP contribution in [0.2, 0.25) is 0 Å². The summed E-state index contributed by atoms with van der Waals surface area (Å²) in [5.41, 5.74) is 0. The minimum Gasteiger partial charge on any atom is -0.371 e. The molecule has 106 valence electrons. The van der Waals surface area contributed by atoms with Crippen molar-refractivity contribution in [3.63, 3.8) is 0 Å². The van der Waals surface area contributed by atoms with Gasteiger partial charge in [-0.05, 0) is 26.4 Å². The van der Waals surface area contributed by atoms with Crippen LogP contribution in [0.5, 0.6) is 0 Å². The second-order valence-corrected chi connectivity index (χ2v) is 5.04. The maximum atomic E-state index is 13.9. The van der Waals surface area contributed by atoms with Gasteiger partial charge in [0.15, 0.2) is 23.3 Å². The standard InChI is InChI=1S/C13H20F2N4/c1-16-12-10(14)7-11(15)13(17-12)19(3)9-5-4-6-18(2)8-9/h7,9H,4-6,8H2,1-3H3,(H,16,17). The molecule has 2 rings (SSSR count). The first-order valence-corrected chi connectivity index (χ1v) is 6.48. The molecule has 0 saturated carbocycles. The molecule has 1 fully saturated rings. The summed E-state index contributed by atoms with van der Waals surface area (Å²) in [4.78, 5) is 8.06. The number of pyridine rings is 1. The Morgan fingerprint density at radius 3 is 2.79 bits per heavy atom. The molecule has 1 aliphatic heterocycles. The average Bonchev–Trinajstić information content (AvgIpc) is 2.38. The molecular formula is C13H20F2N4. The molecule has 1 aliphatic rings. The number of aromatic nitrogens is 1. The van der Waals surface area contributed by atoms with Gasteiger partial charge < -0.3 is 15.1 Å². The third-order valence-electron chi connectivity index (χ3n) is 3.63. The van der Waals surface area contributed by atoms with Gasteiger partial charge in [0.05, 0.1) is 0 Å². The van der Waals surface area contributed by atoms with Crippen molar-refractivity contribution in [2.75, 3.05) is 44.4 Å². The summed E-state index contributed by atoms with van der Waals surface area (Å²) in [7, 11) is 5.43. The zero-order valence-electron chi connectivity index (χ0n) is 11.6. The Morgan fingerprint density at radius 2 is 2.16 bits per heavy atom. The maximum Gasteiger partial charge on any atom is 0.168 e. The molecule has 1 unspecified atom stereocenters. The van der Waals surface area contributed by atoms with E-state index < -0.39 is 11.6 Å². The molecule has 1 aromatic heterocycles. The van der Waals surface area contributed by atoms with Crippen LogP contribution in [0.25, 0.3) is 0 Å². The highest BCUT2D eigenvalue weighted by Crippen LogP contribution is 2.25. The number of rotatable bonds is 3. The Hall–Kier alpha value is -1.43. The molecule has 0 bridgehead atoms. The van der Waals surface area contributed by atoms with Crippen LogP contribution < -0.4 is 10.2 Å². The molecule has 1 saturated heterocycles. The van der Waals surface area contributed by atoms with Gasteiger partial charge in [-0.1, -0.05) is 0 Å². The lowest BCUT2D eigenvalue weighted by atomic mass is 10.1. The summed E-state index contributed by atoms with van der Waals surface area (Å²) in [6.45, 7) is 1.93. The van der Waals surface area contributed by atoms with Crippen LogP contribution in [0.3, 0.4) is 0 Å². The van der Waals surface area contributed by atoms with Gasteiger partial charge in [-0.15, -0.1) is 0 Å². The van der Waals surface area contributed by atoms with E-state index in [1.807, 2.05) is 19.0 Å². The first-order valence-electron chi connectivity index (χ1n) is 6.48. The lowest BCUT2D eigenvalue weighted by molar-refractivity contribution is 0.247. The average molecular weight is 270 g/mol. The molecule has 2 heterocycles. The second kappa shape index (κ2) is 5.69. The van der Waals surface area contributed by atoms with Crippen molar-refractivity contribution in [1.82, 2.24) is 9.88 Å². The normalized spacial score (nSPS) is 20.4. The van der Waals surface area contributed by atoms with Gasteiger partial charge in [0.2, 0.25) is 0 Å². The fourth-order valence-corrected chi connectivity index (χ4v) is 2.51. The second-order valence-electron chi connectivity index (χ2n) is 5.04. The van der Waals surface area contributed by atoms with Crippen molar-refractivity contribution in [2.45, 2.75) is 18.9 Å². The molecule has 0 amide bonds. The Kier molecular flexibility index (Phi) is 4.19. The van der Waals surface area contributed by atoms with Crippen molar-refractivity contribution < 1.29 is 8.78 Å². The van der Waals surface area contributed by atoms with Crippen LogP contribution >= 0.6 is 0 Å². The topological polar surface area (TPSA) is 31.4 Å². The molecule has 19 heavy (non-hydrogen) atoms. The highest BCUT2D eigenvalue weighted by atomic mass is 19.1. The summed E-state index contributed by atoms with van der Waals surface area (Å²) in [6, 6.07) is 1.09. The third kappa shape index (κ3) is 2.94. The van der Waals surface area contributed by atoms with E-state index in [4.69, 9.17) is 0 Å². The van der Waals surface area contributed by atoms with Gasteiger partial charge in [0.1, 0.15) is 0 Å². The molecule has 1 atom stereocenters.